The first-order valence-corrected chi connectivity index (χ1v) is 11.8. The van der Waals surface area contributed by atoms with E-state index >= 15 is 0 Å². The topological polar surface area (TPSA) is 47.4 Å². The number of hydrogen-bond acceptors (Lipinski definition) is 5. The molecule has 2 heterocycles. The third-order valence-corrected chi connectivity index (χ3v) is 7.01. The summed E-state index contributed by atoms with van der Waals surface area (Å²) in [5, 5.41) is 0.576. The first kappa shape index (κ1) is 20.6. The van der Waals surface area contributed by atoms with Crippen LogP contribution in [0.15, 0.2) is 52.2 Å². The zero-order valence-electron chi connectivity index (χ0n) is 18.0. The highest BCUT2D eigenvalue weighted by Crippen LogP contribution is 2.28. The van der Waals surface area contributed by atoms with Gasteiger partial charge < -0.3 is 9.64 Å². The van der Waals surface area contributed by atoms with Crippen LogP contribution in [0.1, 0.15) is 44.3 Å². The van der Waals surface area contributed by atoms with Gasteiger partial charge in [0.1, 0.15) is 17.7 Å². The van der Waals surface area contributed by atoms with Crippen molar-refractivity contribution in [3.05, 3.63) is 58.6 Å². The SMILES string of the molecule is Cc1nc2ccc(S)cc2c(=O)n1-c1ccc(OC2CCN(C3CCCC3)CC2)cc1. The Labute approximate surface area is 188 Å². The third-order valence-electron chi connectivity index (χ3n) is 6.73. The minimum Gasteiger partial charge on any atom is -0.490 e. The van der Waals surface area contributed by atoms with E-state index in [0.717, 1.165) is 48.3 Å². The molecular weight excluding hydrogens is 406 g/mol. The largest absolute Gasteiger partial charge is 0.490 e. The molecule has 2 fully saturated rings. The van der Waals surface area contributed by atoms with Crippen molar-refractivity contribution in [1.29, 1.82) is 0 Å². The van der Waals surface area contributed by atoms with Gasteiger partial charge in [-0.2, -0.15) is 0 Å². The molecule has 1 aliphatic carbocycles. The maximum Gasteiger partial charge on any atom is 0.265 e. The number of aryl methyl sites for hydroxylation is 1. The van der Waals surface area contributed by atoms with Crippen molar-refractivity contribution in [3.63, 3.8) is 0 Å². The molecule has 5 nitrogen and oxygen atoms in total. The quantitative estimate of drug-likeness (QED) is 0.600. The molecule has 1 saturated heterocycles. The van der Waals surface area contributed by atoms with Crippen molar-refractivity contribution >= 4 is 23.5 Å². The number of rotatable bonds is 4. The van der Waals surface area contributed by atoms with Crippen LogP contribution in [-0.2, 0) is 0 Å². The molecule has 0 bridgehead atoms. The average molecular weight is 436 g/mol. The second-order valence-electron chi connectivity index (χ2n) is 8.79. The van der Waals surface area contributed by atoms with E-state index in [0.29, 0.717) is 16.7 Å². The number of hydrogen-bond donors (Lipinski definition) is 1. The maximum absolute atomic E-state index is 13.1. The Balaban J connectivity index is 1.30. The summed E-state index contributed by atoms with van der Waals surface area (Å²) < 4.78 is 7.92. The standard InChI is InChI=1S/C25H29N3O2S/c1-17-26-24-11-10-22(31)16-23(24)25(29)28(17)19-6-8-20(9-7-19)30-21-12-14-27(15-13-21)18-4-2-3-5-18/h6-11,16,18,21,31H,2-5,12-15H2,1H3. The smallest absolute Gasteiger partial charge is 0.265 e. The Kier molecular flexibility index (Phi) is 5.76. The summed E-state index contributed by atoms with van der Waals surface area (Å²) in [6.07, 6.45) is 7.94. The number of nitrogens with zero attached hydrogens (tertiary/aromatic N) is 3. The lowest BCUT2D eigenvalue weighted by atomic mass is 10.0. The van der Waals surface area contributed by atoms with Gasteiger partial charge in [0.15, 0.2) is 0 Å². The number of fused-ring (bicyclic) bond motifs is 1. The van der Waals surface area contributed by atoms with E-state index in [2.05, 4.69) is 22.5 Å². The molecule has 31 heavy (non-hydrogen) atoms. The minimum atomic E-state index is -0.0775. The fourth-order valence-electron chi connectivity index (χ4n) is 5.08. The Morgan fingerprint density at radius 2 is 1.71 bits per heavy atom. The summed E-state index contributed by atoms with van der Waals surface area (Å²) in [6.45, 7) is 4.13. The van der Waals surface area contributed by atoms with Gasteiger partial charge >= 0.3 is 0 Å². The van der Waals surface area contributed by atoms with E-state index in [1.807, 2.05) is 43.3 Å². The van der Waals surface area contributed by atoms with Crippen LogP contribution in [0.5, 0.6) is 5.75 Å². The lowest BCUT2D eigenvalue weighted by Gasteiger charge is -2.36. The van der Waals surface area contributed by atoms with Crippen LogP contribution >= 0.6 is 12.6 Å². The van der Waals surface area contributed by atoms with Gasteiger partial charge in [0, 0.05) is 24.0 Å². The van der Waals surface area contributed by atoms with Gasteiger partial charge in [-0.15, -0.1) is 12.6 Å². The number of likely N-dealkylation sites (tertiary alicyclic amines) is 1. The van der Waals surface area contributed by atoms with Gasteiger partial charge in [0.25, 0.3) is 5.56 Å². The third kappa shape index (κ3) is 4.23. The molecule has 1 aromatic heterocycles. The number of benzene rings is 2. The zero-order valence-corrected chi connectivity index (χ0v) is 18.9. The molecule has 5 rings (SSSR count). The van der Waals surface area contributed by atoms with Crippen molar-refractivity contribution in [3.8, 4) is 11.4 Å². The molecule has 0 amide bonds. The highest BCUT2D eigenvalue weighted by Gasteiger charge is 2.27. The molecular formula is C25H29N3O2S. The summed E-state index contributed by atoms with van der Waals surface area (Å²) in [5.74, 6) is 1.53. The summed E-state index contributed by atoms with van der Waals surface area (Å²) in [4.78, 5) is 21.1. The molecule has 162 valence electrons. The summed E-state index contributed by atoms with van der Waals surface area (Å²) in [5.41, 5.74) is 1.41. The van der Waals surface area contributed by atoms with E-state index < -0.39 is 0 Å². The maximum atomic E-state index is 13.1. The molecule has 0 unspecified atom stereocenters. The first-order chi connectivity index (χ1) is 15.1. The zero-order chi connectivity index (χ0) is 21.4. The van der Waals surface area contributed by atoms with Gasteiger partial charge in [-0.1, -0.05) is 12.8 Å². The summed E-state index contributed by atoms with van der Waals surface area (Å²) in [6, 6.07) is 14.1. The van der Waals surface area contributed by atoms with Crippen LogP contribution in [0.4, 0.5) is 0 Å². The van der Waals surface area contributed by atoms with E-state index in [4.69, 9.17) is 4.74 Å². The van der Waals surface area contributed by atoms with Crippen LogP contribution in [-0.4, -0.2) is 39.7 Å². The molecule has 0 radical (unpaired) electrons. The monoisotopic (exact) mass is 435 g/mol. The highest BCUT2D eigenvalue weighted by atomic mass is 32.1. The van der Waals surface area contributed by atoms with Crippen LogP contribution in [0, 0.1) is 6.92 Å². The van der Waals surface area contributed by atoms with Crippen LogP contribution in [0.25, 0.3) is 16.6 Å². The molecule has 2 aromatic carbocycles. The fourth-order valence-corrected chi connectivity index (χ4v) is 5.29. The molecule has 3 aromatic rings. The summed E-state index contributed by atoms with van der Waals surface area (Å²) in [7, 11) is 0. The second-order valence-corrected chi connectivity index (χ2v) is 9.30. The van der Waals surface area contributed by atoms with Gasteiger partial charge in [0.2, 0.25) is 0 Å². The molecule has 1 aliphatic heterocycles. The molecule has 6 heteroatoms. The summed E-state index contributed by atoms with van der Waals surface area (Å²) >= 11 is 4.37. The first-order valence-electron chi connectivity index (χ1n) is 11.3. The predicted molar refractivity (Wildman–Crippen MR) is 127 cm³/mol. The molecule has 0 spiro atoms. The number of aromatic nitrogens is 2. The van der Waals surface area contributed by atoms with Crippen molar-refractivity contribution in [2.45, 2.75) is 62.5 Å². The van der Waals surface area contributed by atoms with Gasteiger partial charge in [-0.25, -0.2) is 4.98 Å². The Morgan fingerprint density at radius 3 is 2.42 bits per heavy atom. The number of piperidine rings is 1. The number of thiol groups is 1. The average Bonchev–Trinajstić information content (AvgIpc) is 3.31. The predicted octanol–water partition coefficient (Wildman–Crippen LogP) is 4.77. The van der Waals surface area contributed by atoms with Gasteiger partial charge in [-0.3, -0.25) is 9.36 Å². The lowest BCUT2D eigenvalue weighted by Crippen LogP contribution is -2.43. The van der Waals surface area contributed by atoms with Gasteiger partial charge in [0.05, 0.1) is 16.6 Å². The normalized spacial score (nSPS) is 18.6. The van der Waals surface area contributed by atoms with Crippen molar-refractivity contribution in [2.75, 3.05) is 13.1 Å². The van der Waals surface area contributed by atoms with Crippen LogP contribution in [0.2, 0.25) is 0 Å². The van der Waals surface area contributed by atoms with E-state index in [1.54, 1.807) is 10.6 Å². The van der Waals surface area contributed by atoms with Gasteiger partial charge in [-0.05, 0) is 75.1 Å². The van der Waals surface area contributed by atoms with Crippen LogP contribution < -0.4 is 10.3 Å². The fraction of sp³-hybridized carbons (Fsp3) is 0.440. The van der Waals surface area contributed by atoms with E-state index in [-0.39, 0.29) is 11.7 Å². The minimum absolute atomic E-state index is 0.0775. The Hall–Kier alpha value is -2.31. The molecule has 0 N–H and O–H groups in total. The molecule has 1 saturated carbocycles. The lowest BCUT2D eigenvalue weighted by molar-refractivity contribution is 0.0768. The van der Waals surface area contributed by atoms with E-state index in [1.165, 1.54) is 25.7 Å². The van der Waals surface area contributed by atoms with Crippen molar-refractivity contribution < 1.29 is 4.74 Å². The van der Waals surface area contributed by atoms with E-state index in [9.17, 15) is 4.79 Å². The Morgan fingerprint density at radius 1 is 1.00 bits per heavy atom. The van der Waals surface area contributed by atoms with Crippen molar-refractivity contribution in [2.24, 2.45) is 0 Å². The van der Waals surface area contributed by atoms with Crippen molar-refractivity contribution in [1.82, 2.24) is 14.5 Å². The van der Waals surface area contributed by atoms with Crippen LogP contribution in [0.3, 0.4) is 0 Å². The Bertz CT molecular complexity index is 1130. The molecule has 2 aliphatic rings. The number of ether oxygens (including phenoxy) is 1. The molecule has 0 atom stereocenters. The highest BCUT2D eigenvalue weighted by molar-refractivity contribution is 7.80. The second kappa shape index (κ2) is 8.67.